The zero-order chi connectivity index (χ0) is 16.8. The van der Waals surface area contributed by atoms with Crippen molar-refractivity contribution in [1.29, 1.82) is 0 Å². The molecule has 144 valence electrons. The fourth-order valence-electron chi connectivity index (χ4n) is 2.69. The summed E-state index contributed by atoms with van der Waals surface area (Å²) in [6.45, 7) is 4.25. The molecule has 3 rings (SSSR count). The average Bonchev–Trinajstić information content (AvgIpc) is 3.10. The summed E-state index contributed by atoms with van der Waals surface area (Å²) in [6, 6.07) is 8.16. The third-order valence-electron chi connectivity index (χ3n) is 3.93. The molecule has 1 amide bonds. The van der Waals surface area contributed by atoms with Gasteiger partial charge in [0.05, 0.1) is 18.2 Å². The van der Waals surface area contributed by atoms with E-state index in [1.165, 1.54) is 11.3 Å². The molecule has 0 bridgehead atoms. The Balaban J connectivity index is 0.00000169. The molecular weight excluding hydrogens is 395 g/mol. The van der Waals surface area contributed by atoms with Crippen LogP contribution in [0.25, 0.3) is 0 Å². The standard InChI is InChI=1S/C17H22N4O2S.2ClH/c18-6-5-16-20-14(12-24-16)17(22)19-11-13-3-1-2-4-15(13)21-7-9-23-10-8-21;;/h1-4,12H,5-11,18H2,(H,19,22);2*1H. The summed E-state index contributed by atoms with van der Waals surface area (Å²) in [7, 11) is 0. The van der Waals surface area contributed by atoms with Gasteiger partial charge in [0.15, 0.2) is 0 Å². The van der Waals surface area contributed by atoms with Crippen molar-refractivity contribution in [2.45, 2.75) is 13.0 Å². The van der Waals surface area contributed by atoms with Gasteiger partial charge in [-0.05, 0) is 18.2 Å². The first kappa shape index (κ1) is 22.7. The number of aromatic nitrogens is 1. The maximum atomic E-state index is 12.3. The van der Waals surface area contributed by atoms with Gasteiger partial charge in [0.1, 0.15) is 5.69 Å². The molecule has 0 spiro atoms. The minimum absolute atomic E-state index is 0. The summed E-state index contributed by atoms with van der Waals surface area (Å²) in [5, 5.41) is 5.65. The van der Waals surface area contributed by atoms with Crippen LogP contribution in [0.3, 0.4) is 0 Å². The number of nitrogens with two attached hydrogens (primary N) is 1. The molecule has 6 nitrogen and oxygen atoms in total. The molecule has 9 heteroatoms. The number of nitrogens with zero attached hydrogens (tertiary/aromatic N) is 2. The lowest BCUT2D eigenvalue weighted by Crippen LogP contribution is -2.37. The van der Waals surface area contributed by atoms with Gasteiger partial charge in [0, 0.05) is 37.1 Å². The van der Waals surface area contributed by atoms with Crippen LogP contribution >= 0.6 is 36.2 Å². The number of hydrogen-bond donors (Lipinski definition) is 2. The molecule has 1 aromatic heterocycles. The largest absolute Gasteiger partial charge is 0.378 e. The Bertz CT molecular complexity index is 693. The van der Waals surface area contributed by atoms with Crippen LogP contribution in [0.4, 0.5) is 5.69 Å². The summed E-state index contributed by atoms with van der Waals surface area (Å²) in [5.74, 6) is -0.147. The molecule has 1 aliphatic rings. The summed E-state index contributed by atoms with van der Waals surface area (Å²) in [6.07, 6.45) is 0.706. The van der Waals surface area contributed by atoms with Crippen LogP contribution in [0.2, 0.25) is 0 Å². The number of carbonyl (C=O) groups excluding carboxylic acids is 1. The van der Waals surface area contributed by atoms with E-state index < -0.39 is 0 Å². The zero-order valence-corrected chi connectivity index (χ0v) is 16.8. The maximum Gasteiger partial charge on any atom is 0.271 e. The summed E-state index contributed by atoms with van der Waals surface area (Å²) in [4.78, 5) is 18.9. The van der Waals surface area contributed by atoms with Crippen molar-refractivity contribution < 1.29 is 9.53 Å². The van der Waals surface area contributed by atoms with E-state index in [1.807, 2.05) is 18.2 Å². The lowest BCUT2D eigenvalue weighted by molar-refractivity contribution is 0.0946. The first-order chi connectivity index (χ1) is 11.8. The highest BCUT2D eigenvalue weighted by Crippen LogP contribution is 2.21. The Hall–Kier alpha value is -1.38. The minimum Gasteiger partial charge on any atom is -0.378 e. The van der Waals surface area contributed by atoms with E-state index in [4.69, 9.17) is 10.5 Å². The molecule has 3 N–H and O–H groups in total. The van der Waals surface area contributed by atoms with Gasteiger partial charge in [-0.2, -0.15) is 0 Å². The SMILES string of the molecule is Cl.Cl.NCCc1nc(C(=O)NCc2ccccc2N2CCOCC2)cs1. The van der Waals surface area contributed by atoms with Gasteiger partial charge in [-0.15, -0.1) is 36.2 Å². The van der Waals surface area contributed by atoms with E-state index in [1.54, 1.807) is 5.38 Å². The number of ether oxygens (including phenoxy) is 1. The van der Waals surface area contributed by atoms with Crippen molar-refractivity contribution in [3.05, 3.63) is 45.9 Å². The number of morpholine rings is 1. The molecule has 0 saturated carbocycles. The highest BCUT2D eigenvalue weighted by Gasteiger charge is 2.15. The quantitative estimate of drug-likeness (QED) is 0.751. The van der Waals surface area contributed by atoms with E-state index >= 15 is 0 Å². The molecule has 2 heterocycles. The van der Waals surface area contributed by atoms with Crippen LogP contribution in [0.15, 0.2) is 29.6 Å². The fourth-order valence-corrected chi connectivity index (χ4v) is 3.49. The third kappa shape index (κ3) is 5.82. The summed E-state index contributed by atoms with van der Waals surface area (Å²) >= 11 is 1.48. The lowest BCUT2D eigenvalue weighted by Gasteiger charge is -2.30. The molecule has 0 unspecified atom stereocenters. The molecule has 1 saturated heterocycles. The molecule has 1 aromatic carbocycles. The second-order valence-electron chi connectivity index (χ2n) is 5.58. The number of para-hydroxylation sites is 1. The van der Waals surface area contributed by atoms with Gasteiger partial charge in [-0.1, -0.05) is 18.2 Å². The fraction of sp³-hybridized carbons (Fsp3) is 0.412. The molecule has 0 aliphatic carbocycles. The number of benzene rings is 1. The predicted octanol–water partition coefficient (Wildman–Crippen LogP) is 2.25. The molecule has 1 aliphatic heterocycles. The maximum absolute atomic E-state index is 12.3. The summed E-state index contributed by atoms with van der Waals surface area (Å²) < 4.78 is 5.41. The second kappa shape index (κ2) is 11.4. The van der Waals surface area contributed by atoms with Gasteiger partial charge in [-0.3, -0.25) is 4.79 Å². The predicted molar refractivity (Wildman–Crippen MR) is 110 cm³/mol. The highest BCUT2D eigenvalue weighted by atomic mass is 35.5. The van der Waals surface area contributed by atoms with E-state index in [9.17, 15) is 4.79 Å². The Morgan fingerprint density at radius 1 is 1.27 bits per heavy atom. The zero-order valence-electron chi connectivity index (χ0n) is 14.3. The van der Waals surface area contributed by atoms with Crippen molar-refractivity contribution >= 4 is 47.7 Å². The number of anilines is 1. The second-order valence-corrected chi connectivity index (χ2v) is 6.52. The molecular formula is C17H24Cl2N4O2S. The number of thiazole rings is 1. The van der Waals surface area contributed by atoms with E-state index in [-0.39, 0.29) is 30.7 Å². The number of rotatable bonds is 6. The van der Waals surface area contributed by atoms with Crippen molar-refractivity contribution in [2.75, 3.05) is 37.7 Å². The van der Waals surface area contributed by atoms with E-state index in [0.717, 1.165) is 42.6 Å². The van der Waals surface area contributed by atoms with E-state index in [2.05, 4.69) is 21.3 Å². The van der Waals surface area contributed by atoms with Crippen LogP contribution in [0, 0.1) is 0 Å². The number of hydrogen-bond acceptors (Lipinski definition) is 6. The molecule has 2 aromatic rings. The first-order valence-electron chi connectivity index (χ1n) is 8.11. The van der Waals surface area contributed by atoms with Gasteiger partial charge in [0.25, 0.3) is 5.91 Å². The van der Waals surface area contributed by atoms with Gasteiger partial charge in [-0.25, -0.2) is 4.98 Å². The topological polar surface area (TPSA) is 80.5 Å². The molecule has 1 fully saturated rings. The van der Waals surface area contributed by atoms with Crippen molar-refractivity contribution in [3.63, 3.8) is 0 Å². The molecule has 0 atom stereocenters. The van der Waals surface area contributed by atoms with Crippen LogP contribution < -0.4 is 16.0 Å². The summed E-state index contributed by atoms with van der Waals surface area (Å²) in [5.41, 5.74) is 8.24. The minimum atomic E-state index is -0.147. The molecule has 0 radical (unpaired) electrons. The van der Waals surface area contributed by atoms with Crippen LogP contribution in [0.1, 0.15) is 21.1 Å². The van der Waals surface area contributed by atoms with Crippen LogP contribution in [0.5, 0.6) is 0 Å². The Kier molecular flexibility index (Phi) is 9.90. The van der Waals surface area contributed by atoms with E-state index in [0.29, 0.717) is 25.2 Å². The smallest absolute Gasteiger partial charge is 0.271 e. The van der Waals surface area contributed by atoms with Gasteiger partial charge < -0.3 is 20.7 Å². The number of carbonyl (C=O) groups is 1. The third-order valence-corrected chi connectivity index (χ3v) is 4.83. The highest BCUT2D eigenvalue weighted by molar-refractivity contribution is 7.09. The Labute approximate surface area is 169 Å². The normalized spacial score (nSPS) is 13.5. The van der Waals surface area contributed by atoms with Crippen molar-refractivity contribution in [2.24, 2.45) is 5.73 Å². The van der Waals surface area contributed by atoms with Crippen LogP contribution in [-0.2, 0) is 17.7 Å². The first-order valence-corrected chi connectivity index (χ1v) is 8.99. The lowest BCUT2D eigenvalue weighted by atomic mass is 10.1. The van der Waals surface area contributed by atoms with Gasteiger partial charge >= 0.3 is 0 Å². The van der Waals surface area contributed by atoms with Crippen LogP contribution in [-0.4, -0.2) is 43.7 Å². The van der Waals surface area contributed by atoms with Crippen molar-refractivity contribution in [3.8, 4) is 0 Å². The average molecular weight is 419 g/mol. The van der Waals surface area contributed by atoms with Gasteiger partial charge in [0.2, 0.25) is 0 Å². The molecule has 26 heavy (non-hydrogen) atoms. The number of halogens is 2. The number of nitrogens with one attached hydrogen (secondary N) is 1. The monoisotopic (exact) mass is 418 g/mol. The van der Waals surface area contributed by atoms with Crippen molar-refractivity contribution in [1.82, 2.24) is 10.3 Å². The number of amides is 1. The Morgan fingerprint density at radius 2 is 2.00 bits per heavy atom. The Morgan fingerprint density at radius 3 is 2.73 bits per heavy atom.